The normalized spacial score (nSPS) is 18.0. The van der Waals surface area contributed by atoms with Crippen LogP contribution in [0.4, 0.5) is 16.0 Å². The van der Waals surface area contributed by atoms with Gasteiger partial charge in [0.25, 0.3) is 0 Å². The molecule has 0 radical (unpaired) electrons. The van der Waals surface area contributed by atoms with Crippen LogP contribution >= 0.6 is 0 Å². The first-order valence-electron chi connectivity index (χ1n) is 18.2. The first-order valence-corrected chi connectivity index (χ1v) is 18.2. The molecule has 3 N–H and O–H groups in total. The Balaban J connectivity index is 1.27. The highest BCUT2D eigenvalue weighted by Gasteiger charge is 2.34. The Kier molecular flexibility index (Phi) is 12.0. The summed E-state index contributed by atoms with van der Waals surface area (Å²) in [5.74, 6) is 2.25. The fourth-order valence-electron chi connectivity index (χ4n) is 7.88. The largest absolute Gasteiger partial charge is 0.423 e. The van der Waals surface area contributed by atoms with E-state index in [4.69, 9.17) is 15.1 Å². The lowest BCUT2D eigenvalue weighted by atomic mass is 9.74. The van der Waals surface area contributed by atoms with E-state index in [0.717, 1.165) is 55.8 Å². The van der Waals surface area contributed by atoms with Crippen LogP contribution in [0.15, 0.2) is 120 Å². The zero-order valence-corrected chi connectivity index (χ0v) is 29.7. The molecule has 1 aliphatic carbocycles. The van der Waals surface area contributed by atoms with Crippen LogP contribution in [0.1, 0.15) is 79.4 Å². The molecule has 6 rings (SSSR count). The Morgan fingerprint density at radius 1 is 0.820 bits per heavy atom. The van der Waals surface area contributed by atoms with E-state index >= 15 is 0 Å². The van der Waals surface area contributed by atoms with Crippen LogP contribution in [0.25, 0.3) is 0 Å². The summed E-state index contributed by atoms with van der Waals surface area (Å²) >= 11 is 0. The first-order chi connectivity index (χ1) is 24.4. The van der Waals surface area contributed by atoms with Gasteiger partial charge in [0.1, 0.15) is 17.6 Å². The summed E-state index contributed by atoms with van der Waals surface area (Å²) in [6, 6.07) is 38.8. The van der Waals surface area contributed by atoms with Crippen LogP contribution in [0.3, 0.4) is 0 Å². The summed E-state index contributed by atoms with van der Waals surface area (Å²) in [6.45, 7) is 2.54. The van der Waals surface area contributed by atoms with Crippen molar-refractivity contribution in [3.8, 4) is 0 Å². The molecule has 1 heterocycles. The highest BCUT2D eigenvalue weighted by Crippen LogP contribution is 2.43. The third kappa shape index (κ3) is 9.01. The molecular weight excluding hydrogens is 622 g/mol. The maximum atomic E-state index is 13.8. The van der Waals surface area contributed by atoms with E-state index in [1.807, 2.05) is 24.3 Å². The summed E-state index contributed by atoms with van der Waals surface area (Å²) in [6.07, 6.45) is 6.88. The van der Waals surface area contributed by atoms with Gasteiger partial charge in [-0.05, 0) is 99.5 Å². The number of hydrogen-bond acceptors (Lipinski definition) is 6. The molecule has 3 atom stereocenters. The van der Waals surface area contributed by atoms with Gasteiger partial charge < -0.3 is 25.3 Å². The summed E-state index contributed by atoms with van der Waals surface area (Å²) in [4.78, 5) is 9.82. The van der Waals surface area contributed by atoms with Crippen LogP contribution in [-0.4, -0.2) is 36.7 Å². The number of hydrogen-bond donors (Lipinski definition) is 2. The van der Waals surface area contributed by atoms with Gasteiger partial charge in [0.05, 0.1) is 6.67 Å². The molecule has 0 aliphatic heterocycles. The van der Waals surface area contributed by atoms with Crippen LogP contribution in [0.5, 0.6) is 0 Å². The Hall–Kier alpha value is -4.46. The van der Waals surface area contributed by atoms with Crippen molar-refractivity contribution in [2.24, 2.45) is 17.6 Å². The van der Waals surface area contributed by atoms with Crippen molar-refractivity contribution in [1.29, 1.82) is 0 Å². The predicted octanol–water partition coefficient (Wildman–Crippen LogP) is 9.41. The highest BCUT2D eigenvalue weighted by molar-refractivity contribution is 5.49. The summed E-state index contributed by atoms with van der Waals surface area (Å²) < 4.78 is 20.6. The van der Waals surface area contributed by atoms with Gasteiger partial charge in [0, 0.05) is 24.2 Å². The lowest BCUT2D eigenvalue weighted by molar-refractivity contribution is 0.142. The van der Waals surface area contributed by atoms with E-state index in [9.17, 15) is 4.39 Å². The van der Waals surface area contributed by atoms with Crippen molar-refractivity contribution < 1.29 is 8.81 Å². The van der Waals surface area contributed by atoms with Crippen molar-refractivity contribution in [2.45, 2.75) is 70.0 Å². The Morgan fingerprint density at radius 2 is 1.42 bits per heavy atom. The monoisotopic (exact) mass is 673 g/mol. The van der Waals surface area contributed by atoms with Crippen LogP contribution in [0.2, 0.25) is 0 Å². The van der Waals surface area contributed by atoms with Crippen molar-refractivity contribution in [3.05, 3.63) is 149 Å². The van der Waals surface area contributed by atoms with Gasteiger partial charge in [-0.3, -0.25) is 0 Å². The number of oxazole rings is 1. The molecule has 3 unspecified atom stereocenters. The molecule has 262 valence electrons. The minimum absolute atomic E-state index is 0.125. The number of nitrogens with one attached hydrogen (secondary N) is 1. The second kappa shape index (κ2) is 17.0. The van der Waals surface area contributed by atoms with Gasteiger partial charge in [-0.25, -0.2) is 9.37 Å². The molecule has 4 aromatic carbocycles. The summed E-state index contributed by atoms with van der Waals surface area (Å²) in [5.41, 5.74) is 12.2. The number of nitrogens with two attached hydrogens (primary N) is 1. The van der Waals surface area contributed by atoms with Gasteiger partial charge in [-0.15, -0.1) is 0 Å². The highest BCUT2D eigenvalue weighted by atomic mass is 19.1. The second-order valence-electron chi connectivity index (χ2n) is 14.2. The lowest BCUT2D eigenvalue weighted by Crippen LogP contribution is -2.36. The zero-order valence-electron chi connectivity index (χ0n) is 29.7. The molecule has 0 saturated heterocycles. The van der Waals surface area contributed by atoms with Crippen molar-refractivity contribution >= 4 is 11.6 Å². The molecule has 5 aromatic rings. The molecule has 50 heavy (non-hydrogen) atoms. The summed E-state index contributed by atoms with van der Waals surface area (Å²) in [5, 5.41) is 3.70. The van der Waals surface area contributed by atoms with Gasteiger partial charge in [0.2, 0.25) is 11.8 Å². The van der Waals surface area contributed by atoms with Gasteiger partial charge in [-0.1, -0.05) is 104 Å². The average Bonchev–Trinajstić information content (AvgIpc) is 3.52. The molecule has 6 nitrogen and oxygen atoms in total. The van der Waals surface area contributed by atoms with E-state index in [2.05, 4.69) is 115 Å². The molecule has 0 bridgehead atoms. The molecule has 1 aromatic heterocycles. The van der Waals surface area contributed by atoms with Gasteiger partial charge >= 0.3 is 0 Å². The number of halogens is 1. The number of anilines is 2. The van der Waals surface area contributed by atoms with Crippen LogP contribution in [0, 0.1) is 17.7 Å². The first kappa shape index (κ1) is 35.4. The quantitative estimate of drug-likeness (QED) is 0.108. The van der Waals surface area contributed by atoms with Crippen LogP contribution < -0.4 is 16.0 Å². The standard InChI is InChI=1S/C43H52FN5O/c1-31(27-32-13-7-4-8-14-32)46-42-39(28-33-15-9-5-10-16-33)47-43(50-42)40(49(30-45)38-17-11-6-12-18-38)29-34-19-21-35(22-20-34)41(48(2)3)36-23-25-37(44)26-24-36/h4-18,23-26,31,34-35,40-41,46H,19-22,27-30,45H2,1-3H3. The zero-order chi connectivity index (χ0) is 34.9. The average molecular weight is 674 g/mol. The number of para-hydroxylation sites is 1. The summed E-state index contributed by atoms with van der Waals surface area (Å²) in [7, 11) is 4.27. The van der Waals surface area contributed by atoms with Crippen molar-refractivity contribution in [2.75, 3.05) is 31.0 Å². The second-order valence-corrected chi connectivity index (χ2v) is 14.2. The van der Waals surface area contributed by atoms with E-state index in [1.165, 1.54) is 16.7 Å². The van der Waals surface area contributed by atoms with Gasteiger partial charge in [0.15, 0.2) is 0 Å². The smallest absolute Gasteiger partial charge is 0.219 e. The molecule has 1 fully saturated rings. The lowest BCUT2D eigenvalue weighted by Gasteiger charge is -2.39. The van der Waals surface area contributed by atoms with Crippen molar-refractivity contribution in [3.63, 3.8) is 0 Å². The minimum Gasteiger partial charge on any atom is -0.423 e. The number of nitrogens with zero attached hydrogens (tertiary/aromatic N) is 3. The maximum Gasteiger partial charge on any atom is 0.219 e. The van der Waals surface area contributed by atoms with Crippen molar-refractivity contribution in [1.82, 2.24) is 9.88 Å². The van der Waals surface area contributed by atoms with E-state index in [-0.39, 0.29) is 23.9 Å². The molecule has 1 aliphatic rings. The van der Waals surface area contributed by atoms with E-state index in [1.54, 1.807) is 12.1 Å². The minimum atomic E-state index is -0.189. The van der Waals surface area contributed by atoms with Crippen LogP contribution in [-0.2, 0) is 12.8 Å². The molecule has 0 spiro atoms. The fraction of sp³-hybridized carbons (Fsp3) is 0.372. The van der Waals surface area contributed by atoms with E-state index < -0.39 is 0 Å². The number of rotatable bonds is 15. The molecule has 7 heteroatoms. The van der Waals surface area contributed by atoms with Gasteiger partial charge in [-0.2, -0.15) is 0 Å². The predicted molar refractivity (Wildman–Crippen MR) is 203 cm³/mol. The number of aromatic nitrogens is 1. The Labute approximate surface area is 297 Å². The third-order valence-electron chi connectivity index (χ3n) is 10.3. The number of benzene rings is 4. The molecular formula is C43H52FN5O. The maximum absolute atomic E-state index is 13.8. The SMILES string of the molecule is CC(Cc1ccccc1)Nc1oc(C(CC2CCC(C(c3ccc(F)cc3)N(C)C)CC2)N(CN)c2ccccc2)nc1Cc1ccccc1. The Morgan fingerprint density at radius 3 is 2.02 bits per heavy atom. The fourth-order valence-corrected chi connectivity index (χ4v) is 7.88. The Bertz CT molecular complexity index is 1720. The molecule has 1 saturated carbocycles. The molecule has 0 amide bonds. The topological polar surface area (TPSA) is 70.6 Å². The van der Waals surface area contributed by atoms with E-state index in [0.29, 0.717) is 30.8 Å². The third-order valence-corrected chi connectivity index (χ3v) is 10.3.